The summed E-state index contributed by atoms with van der Waals surface area (Å²) >= 11 is 7.97. The molecule has 1 aliphatic rings. The van der Waals surface area contributed by atoms with Crippen molar-refractivity contribution in [2.24, 2.45) is 0 Å². The van der Waals surface area contributed by atoms with E-state index in [1.165, 1.54) is 18.6 Å². The van der Waals surface area contributed by atoms with Crippen molar-refractivity contribution in [2.45, 2.75) is 18.9 Å². The summed E-state index contributed by atoms with van der Waals surface area (Å²) in [6.07, 6.45) is 2.48. The van der Waals surface area contributed by atoms with Crippen LogP contribution in [0.5, 0.6) is 0 Å². The number of nitrogens with zero attached hydrogens (tertiary/aromatic N) is 1. The summed E-state index contributed by atoms with van der Waals surface area (Å²) in [6.45, 7) is 0. The highest BCUT2D eigenvalue weighted by molar-refractivity contribution is 7.99. The van der Waals surface area contributed by atoms with Crippen molar-refractivity contribution in [1.82, 2.24) is 0 Å². The van der Waals surface area contributed by atoms with Crippen LogP contribution in [-0.4, -0.2) is 17.5 Å². The van der Waals surface area contributed by atoms with Crippen LogP contribution >= 0.6 is 23.4 Å². The van der Waals surface area contributed by atoms with E-state index < -0.39 is 0 Å². The maximum Gasteiger partial charge on any atom is 0.101 e. The van der Waals surface area contributed by atoms with Gasteiger partial charge in [0.15, 0.2) is 0 Å². The Morgan fingerprint density at radius 3 is 3.00 bits per heavy atom. The lowest BCUT2D eigenvalue weighted by Crippen LogP contribution is -2.25. The standard InChI is InChI=1S/C12H13ClN2S/c13-12-6-10(4-3-9(12)7-14)15-11-2-1-5-16-8-11/h3-4,6,11,15H,1-2,5,8H2. The van der Waals surface area contributed by atoms with Gasteiger partial charge < -0.3 is 5.32 Å². The van der Waals surface area contributed by atoms with Gasteiger partial charge in [0.05, 0.1) is 10.6 Å². The van der Waals surface area contributed by atoms with E-state index in [4.69, 9.17) is 16.9 Å². The molecule has 0 spiro atoms. The number of rotatable bonds is 2. The van der Waals surface area contributed by atoms with E-state index in [-0.39, 0.29) is 0 Å². The molecule has 1 aliphatic heterocycles. The maximum absolute atomic E-state index is 8.77. The van der Waals surface area contributed by atoms with Crippen molar-refractivity contribution in [3.05, 3.63) is 28.8 Å². The molecule has 0 aromatic heterocycles. The highest BCUT2D eigenvalue weighted by Crippen LogP contribution is 2.24. The molecule has 2 rings (SSSR count). The van der Waals surface area contributed by atoms with Crippen molar-refractivity contribution >= 4 is 29.1 Å². The Labute approximate surface area is 105 Å². The number of nitriles is 1. The Balaban J connectivity index is 2.04. The number of hydrogen-bond acceptors (Lipinski definition) is 3. The molecular weight excluding hydrogens is 240 g/mol. The van der Waals surface area contributed by atoms with E-state index in [0.717, 1.165) is 11.4 Å². The third-order valence-corrected chi connectivity index (χ3v) is 4.15. The molecule has 0 amide bonds. The van der Waals surface area contributed by atoms with Gasteiger partial charge >= 0.3 is 0 Å². The summed E-state index contributed by atoms with van der Waals surface area (Å²) in [5.41, 5.74) is 1.54. The zero-order valence-corrected chi connectivity index (χ0v) is 10.4. The van der Waals surface area contributed by atoms with Gasteiger partial charge in [0.2, 0.25) is 0 Å². The van der Waals surface area contributed by atoms with Crippen molar-refractivity contribution in [1.29, 1.82) is 5.26 Å². The number of nitrogens with one attached hydrogen (secondary N) is 1. The van der Waals surface area contributed by atoms with Crippen LogP contribution in [0.15, 0.2) is 18.2 Å². The van der Waals surface area contributed by atoms with Crippen molar-refractivity contribution in [3.8, 4) is 6.07 Å². The summed E-state index contributed by atoms with van der Waals surface area (Å²) in [4.78, 5) is 0. The summed E-state index contributed by atoms with van der Waals surface area (Å²) < 4.78 is 0. The number of halogens is 1. The first-order valence-corrected chi connectivity index (χ1v) is 6.87. The van der Waals surface area contributed by atoms with Gasteiger partial charge in [-0.25, -0.2) is 0 Å². The number of benzene rings is 1. The predicted molar refractivity (Wildman–Crippen MR) is 70.1 cm³/mol. The van der Waals surface area contributed by atoms with Gasteiger partial charge in [0.25, 0.3) is 0 Å². The van der Waals surface area contributed by atoms with Crippen LogP contribution in [0.25, 0.3) is 0 Å². The van der Waals surface area contributed by atoms with Crippen molar-refractivity contribution in [2.75, 3.05) is 16.8 Å². The molecule has 1 fully saturated rings. The summed E-state index contributed by atoms with van der Waals surface area (Å²) in [5.74, 6) is 2.42. The quantitative estimate of drug-likeness (QED) is 0.875. The molecule has 0 radical (unpaired) electrons. The van der Waals surface area contributed by atoms with Gasteiger partial charge in [0.1, 0.15) is 6.07 Å². The predicted octanol–water partition coefficient (Wildman–Crippen LogP) is 3.52. The number of anilines is 1. The molecular formula is C12H13ClN2S. The highest BCUT2D eigenvalue weighted by atomic mass is 35.5. The third-order valence-electron chi connectivity index (χ3n) is 2.62. The largest absolute Gasteiger partial charge is 0.381 e. The first-order valence-electron chi connectivity index (χ1n) is 5.33. The molecule has 4 heteroatoms. The summed E-state index contributed by atoms with van der Waals surface area (Å²) in [7, 11) is 0. The molecule has 1 unspecified atom stereocenters. The second kappa shape index (κ2) is 5.47. The van der Waals surface area contributed by atoms with Gasteiger partial charge in [-0.2, -0.15) is 17.0 Å². The fourth-order valence-electron chi connectivity index (χ4n) is 1.79. The second-order valence-electron chi connectivity index (χ2n) is 3.86. The SMILES string of the molecule is N#Cc1ccc(NC2CCCSC2)cc1Cl. The van der Waals surface area contributed by atoms with E-state index in [1.54, 1.807) is 6.07 Å². The Kier molecular flexibility index (Phi) is 3.98. The van der Waals surface area contributed by atoms with Crippen molar-refractivity contribution < 1.29 is 0 Å². The smallest absolute Gasteiger partial charge is 0.101 e. The molecule has 2 nitrogen and oxygen atoms in total. The van der Waals surface area contributed by atoms with E-state index in [1.807, 2.05) is 23.9 Å². The lowest BCUT2D eigenvalue weighted by Gasteiger charge is -2.23. The van der Waals surface area contributed by atoms with Crippen molar-refractivity contribution in [3.63, 3.8) is 0 Å². The van der Waals surface area contributed by atoms with E-state index in [0.29, 0.717) is 16.6 Å². The van der Waals surface area contributed by atoms with Gasteiger partial charge in [-0.15, -0.1) is 0 Å². The van der Waals surface area contributed by atoms with E-state index >= 15 is 0 Å². The molecule has 1 heterocycles. The van der Waals surface area contributed by atoms with E-state index in [2.05, 4.69) is 11.4 Å². The monoisotopic (exact) mass is 252 g/mol. The normalized spacial score (nSPS) is 20.1. The molecule has 0 aliphatic carbocycles. The summed E-state index contributed by atoms with van der Waals surface area (Å²) in [6, 6.07) is 8.11. The topological polar surface area (TPSA) is 35.8 Å². The maximum atomic E-state index is 8.77. The minimum absolute atomic E-state index is 0.524. The minimum Gasteiger partial charge on any atom is -0.381 e. The molecule has 16 heavy (non-hydrogen) atoms. The first kappa shape index (κ1) is 11.6. The molecule has 1 saturated heterocycles. The van der Waals surface area contributed by atoms with Gasteiger partial charge in [-0.05, 0) is 36.8 Å². The fraction of sp³-hybridized carbons (Fsp3) is 0.417. The average Bonchev–Trinajstić information content (AvgIpc) is 2.31. The van der Waals surface area contributed by atoms with Crippen LogP contribution < -0.4 is 5.32 Å². The zero-order valence-electron chi connectivity index (χ0n) is 8.87. The molecule has 0 bridgehead atoms. The van der Waals surface area contributed by atoms with Crippen LogP contribution in [0.1, 0.15) is 18.4 Å². The highest BCUT2D eigenvalue weighted by Gasteiger charge is 2.13. The fourth-order valence-corrected chi connectivity index (χ4v) is 3.08. The second-order valence-corrected chi connectivity index (χ2v) is 5.42. The average molecular weight is 253 g/mol. The number of thioether (sulfide) groups is 1. The molecule has 0 saturated carbocycles. The Bertz CT molecular complexity index is 408. The zero-order chi connectivity index (χ0) is 11.4. The Morgan fingerprint density at radius 2 is 2.38 bits per heavy atom. The van der Waals surface area contributed by atoms with Gasteiger partial charge in [0, 0.05) is 17.5 Å². The van der Waals surface area contributed by atoms with Crippen LogP contribution in [0.3, 0.4) is 0 Å². The molecule has 1 N–H and O–H groups in total. The summed E-state index contributed by atoms with van der Waals surface area (Å²) in [5, 5.41) is 12.8. The lowest BCUT2D eigenvalue weighted by molar-refractivity contribution is 0.685. The van der Waals surface area contributed by atoms with Crippen LogP contribution in [0.2, 0.25) is 5.02 Å². The lowest BCUT2D eigenvalue weighted by atomic mass is 10.1. The van der Waals surface area contributed by atoms with E-state index in [9.17, 15) is 0 Å². The molecule has 1 aromatic rings. The molecule has 1 aromatic carbocycles. The number of hydrogen-bond donors (Lipinski definition) is 1. The van der Waals surface area contributed by atoms with Gasteiger partial charge in [-0.3, -0.25) is 0 Å². The third kappa shape index (κ3) is 2.84. The minimum atomic E-state index is 0.524. The van der Waals surface area contributed by atoms with Crippen LogP contribution in [0.4, 0.5) is 5.69 Å². The van der Waals surface area contributed by atoms with Gasteiger partial charge in [-0.1, -0.05) is 11.6 Å². The molecule has 1 atom stereocenters. The molecule has 84 valence electrons. The van der Waals surface area contributed by atoms with Crippen LogP contribution in [-0.2, 0) is 0 Å². The Hall–Kier alpha value is -0.850. The Morgan fingerprint density at radius 1 is 1.50 bits per heavy atom. The first-order chi connectivity index (χ1) is 7.79. The van der Waals surface area contributed by atoms with Crippen LogP contribution in [0, 0.1) is 11.3 Å².